The van der Waals surface area contributed by atoms with Crippen LogP contribution in [-0.4, -0.2) is 38.1 Å². The first-order chi connectivity index (χ1) is 14.1. The lowest BCUT2D eigenvalue weighted by Crippen LogP contribution is -2.29. The van der Waals surface area contributed by atoms with Crippen LogP contribution in [0.1, 0.15) is 43.4 Å². The van der Waals surface area contributed by atoms with Gasteiger partial charge in [-0.3, -0.25) is 4.79 Å². The Morgan fingerprint density at radius 2 is 1.66 bits per heavy atom. The quantitative estimate of drug-likeness (QED) is 0.728. The van der Waals surface area contributed by atoms with Gasteiger partial charge in [-0.05, 0) is 49.1 Å². The molecule has 4 rings (SSSR count). The number of hydrogen-bond acceptors (Lipinski definition) is 4. The molecule has 2 unspecified atom stereocenters. The number of likely N-dealkylation sites (tertiary alicyclic amines) is 1. The standard InChI is InChI=1S/C24H30N2O3/c1-17-14-20(23-21(28-2)10-7-11-22(23)29-3)26(24(17)27)16-18-8-6-9-19(15-18)25-12-4-5-13-25/h6-11,15,17,20H,4-5,12-14,16H2,1-3H3. The predicted molar refractivity (Wildman–Crippen MR) is 115 cm³/mol. The highest BCUT2D eigenvalue weighted by atomic mass is 16.5. The summed E-state index contributed by atoms with van der Waals surface area (Å²) in [4.78, 5) is 17.5. The zero-order valence-electron chi connectivity index (χ0n) is 17.6. The third-order valence-electron chi connectivity index (χ3n) is 6.19. The van der Waals surface area contributed by atoms with Crippen molar-refractivity contribution in [3.05, 3.63) is 53.6 Å². The third kappa shape index (κ3) is 3.78. The first-order valence-electron chi connectivity index (χ1n) is 10.5. The minimum Gasteiger partial charge on any atom is -0.496 e. The third-order valence-corrected chi connectivity index (χ3v) is 6.19. The van der Waals surface area contributed by atoms with Crippen LogP contribution in [0.3, 0.4) is 0 Å². The molecule has 2 fully saturated rings. The van der Waals surface area contributed by atoms with Gasteiger partial charge in [0.25, 0.3) is 0 Å². The summed E-state index contributed by atoms with van der Waals surface area (Å²) in [6, 6.07) is 14.4. The van der Waals surface area contributed by atoms with Gasteiger partial charge < -0.3 is 19.3 Å². The number of amides is 1. The van der Waals surface area contributed by atoms with Crippen LogP contribution in [0.2, 0.25) is 0 Å². The number of anilines is 1. The van der Waals surface area contributed by atoms with Gasteiger partial charge in [0, 0.05) is 31.2 Å². The van der Waals surface area contributed by atoms with E-state index in [2.05, 4.69) is 29.2 Å². The average molecular weight is 395 g/mol. The van der Waals surface area contributed by atoms with Gasteiger partial charge in [0.1, 0.15) is 11.5 Å². The average Bonchev–Trinajstić information content (AvgIpc) is 3.38. The Morgan fingerprint density at radius 1 is 1.00 bits per heavy atom. The molecule has 0 spiro atoms. The second-order valence-corrected chi connectivity index (χ2v) is 8.06. The molecule has 0 radical (unpaired) electrons. The number of methoxy groups -OCH3 is 2. The van der Waals surface area contributed by atoms with Crippen molar-refractivity contribution in [3.8, 4) is 11.5 Å². The number of carbonyl (C=O) groups is 1. The van der Waals surface area contributed by atoms with Crippen LogP contribution >= 0.6 is 0 Å². The lowest BCUT2D eigenvalue weighted by molar-refractivity contribution is -0.132. The molecule has 0 N–H and O–H groups in total. The van der Waals surface area contributed by atoms with Crippen molar-refractivity contribution in [1.82, 2.24) is 4.90 Å². The molecular formula is C24H30N2O3. The van der Waals surface area contributed by atoms with E-state index in [9.17, 15) is 4.79 Å². The van der Waals surface area contributed by atoms with E-state index in [1.807, 2.05) is 30.0 Å². The molecule has 5 nitrogen and oxygen atoms in total. The van der Waals surface area contributed by atoms with Crippen LogP contribution in [0.5, 0.6) is 11.5 Å². The molecule has 0 aliphatic carbocycles. The number of nitrogens with zero attached hydrogens (tertiary/aromatic N) is 2. The molecular weight excluding hydrogens is 364 g/mol. The fourth-order valence-electron chi connectivity index (χ4n) is 4.69. The summed E-state index contributed by atoms with van der Waals surface area (Å²) in [5, 5.41) is 0. The van der Waals surface area contributed by atoms with E-state index < -0.39 is 0 Å². The zero-order valence-corrected chi connectivity index (χ0v) is 17.6. The number of hydrogen-bond donors (Lipinski definition) is 0. The highest BCUT2D eigenvalue weighted by Crippen LogP contribution is 2.45. The van der Waals surface area contributed by atoms with Crippen molar-refractivity contribution in [1.29, 1.82) is 0 Å². The molecule has 2 aliphatic heterocycles. The van der Waals surface area contributed by atoms with Gasteiger partial charge in [-0.1, -0.05) is 25.1 Å². The molecule has 5 heteroatoms. The molecule has 154 valence electrons. The number of carbonyl (C=O) groups excluding carboxylic acids is 1. The van der Waals surface area contributed by atoms with Crippen molar-refractivity contribution < 1.29 is 14.3 Å². The Kier molecular flexibility index (Phi) is 5.65. The second kappa shape index (κ2) is 8.36. The lowest BCUT2D eigenvalue weighted by atomic mass is 9.98. The topological polar surface area (TPSA) is 42.0 Å². The van der Waals surface area contributed by atoms with Gasteiger partial charge in [0.15, 0.2) is 0 Å². The Hall–Kier alpha value is -2.69. The maximum atomic E-state index is 13.1. The molecule has 2 aromatic rings. The Bertz CT molecular complexity index is 854. The summed E-state index contributed by atoms with van der Waals surface area (Å²) in [7, 11) is 3.34. The zero-order chi connectivity index (χ0) is 20.4. The fourth-order valence-corrected chi connectivity index (χ4v) is 4.69. The maximum absolute atomic E-state index is 13.1. The van der Waals surface area contributed by atoms with Crippen LogP contribution in [0, 0.1) is 5.92 Å². The second-order valence-electron chi connectivity index (χ2n) is 8.06. The van der Waals surface area contributed by atoms with Gasteiger partial charge in [0.05, 0.1) is 25.8 Å². The molecule has 29 heavy (non-hydrogen) atoms. The molecule has 0 saturated carbocycles. The van der Waals surface area contributed by atoms with Crippen LogP contribution in [0.15, 0.2) is 42.5 Å². The van der Waals surface area contributed by atoms with E-state index in [4.69, 9.17) is 9.47 Å². The number of benzene rings is 2. The molecule has 2 aromatic carbocycles. The minimum absolute atomic E-state index is 0.0172. The van der Waals surface area contributed by atoms with Gasteiger partial charge in [-0.15, -0.1) is 0 Å². The molecule has 2 aliphatic rings. The molecule has 2 heterocycles. The molecule has 1 amide bonds. The summed E-state index contributed by atoms with van der Waals surface area (Å²) in [6.07, 6.45) is 3.27. The summed E-state index contributed by atoms with van der Waals surface area (Å²) in [5.41, 5.74) is 3.38. The smallest absolute Gasteiger partial charge is 0.226 e. The van der Waals surface area contributed by atoms with Crippen molar-refractivity contribution in [2.45, 2.75) is 38.8 Å². The van der Waals surface area contributed by atoms with E-state index in [0.29, 0.717) is 6.54 Å². The number of ether oxygens (including phenoxy) is 2. The van der Waals surface area contributed by atoms with Crippen molar-refractivity contribution in [2.75, 3.05) is 32.2 Å². The van der Waals surface area contributed by atoms with Crippen LogP contribution < -0.4 is 14.4 Å². The summed E-state index contributed by atoms with van der Waals surface area (Å²) >= 11 is 0. The predicted octanol–water partition coefficient (Wildman–Crippen LogP) is 4.41. The van der Waals surface area contributed by atoms with Crippen molar-refractivity contribution in [3.63, 3.8) is 0 Å². The van der Waals surface area contributed by atoms with E-state index in [1.165, 1.54) is 18.5 Å². The first kappa shape index (κ1) is 19.6. The Labute approximate surface area is 173 Å². The normalized spacial score (nSPS) is 21.7. The lowest BCUT2D eigenvalue weighted by Gasteiger charge is -2.28. The monoisotopic (exact) mass is 394 g/mol. The SMILES string of the molecule is COc1cccc(OC)c1C1CC(C)C(=O)N1Cc1cccc(N2CCCC2)c1. The number of rotatable bonds is 6. The van der Waals surface area contributed by atoms with Crippen LogP contribution in [0.4, 0.5) is 5.69 Å². The molecule has 0 aromatic heterocycles. The van der Waals surface area contributed by atoms with Crippen LogP contribution in [0.25, 0.3) is 0 Å². The Morgan fingerprint density at radius 3 is 2.31 bits per heavy atom. The largest absolute Gasteiger partial charge is 0.496 e. The van der Waals surface area contributed by atoms with Gasteiger partial charge >= 0.3 is 0 Å². The summed E-state index contributed by atoms with van der Waals surface area (Å²) in [5.74, 6) is 1.71. The van der Waals surface area contributed by atoms with Crippen molar-refractivity contribution >= 4 is 11.6 Å². The first-order valence-corrected chi connectivity index (χ1v) is 10.5. The molecule has 0 bridgehead atoms. The summed E-state index contributed by atoms with van der Waals surface area (Å²) < 4.78 is 11.3. The van der Waals surface area contributed by atoms with E-state index in [-0.39, 0.29) is 17.9 Å². The fraction of sp³-hybridized carbons (Fsp3) is 0.458. The van der Waals surface area contributed by atoms with Gasteiger partial charge in [-0.2, -0.15) is 0 Å². The van der Waals surface area contributed by atoms with E-state index >= 15 is 0 Å². The highest BCUT2D eigenvalue weighted by Gasteiger charge is 2.40. The Balaban J connectivity index is 1.65. The maximum Gasteiger partial charge on any atom is 0.226 e. The highest BCUT2D eigenvalue weighted by molar-refractivity contribution is 5.82. The molecule has 2 saturated heterocycles. The molecule has 2 atom stereocenters. The summed E-state index contributed by atoms with van der Waals surface area (Å²) in [6.45, 7) is 4.84. The van der Waals surface area contributed by atoms with Gasteiger partial charge in [-0.25, -0.2) is 0 Å². The van der Waals surface area contributed by atoms with E-state index in [1.54, 1.807) is 14.2 Å². The van der Waals surface area contributed by atoms with Crippen molar-refractivity contribution in [2.24, 2.45) is 5.92 Å². The minimum atomic E-state index is -0.0564. The van der Waals surface area contributed by atoms with E-state index in [0.717, 1.165) is 42.1 Å². The van der Waals surface area contributed by atoms with Crippen LogP contribution in [-0.2, 0) is 11.3 Å². The van der Waals surface area contributed by atoms with Gasteiger partial charge in [0.2, 0.25) is 5.91 Å².